The van der Waals surface area contributed by atoms with Gasteiger partial charge in [0.1, 0.15) is 11.6 Å². The van der Waals surface area contributed by atoms with E-state index < -0.39 is 11.6 Å². The molecule has 2 aromatic rings. The van der Waals surface area contributed by atoms with Crippen LogP contribution >= 0.6 is 27.5 Å². The molecule has 0 saturated heterocycles. The molecule has 0 spiro atoms. The van der Waals surface area contributed by atoms with Crippen LogP contribution in [0.4, 0.5) is 8.78 Å². The normalized spacial score (nSPS) is 12.4. The van der Waals surface area contributed by atoms with Gasteiger partial charge in [-0.25, -0.2) is 8.78 Å². The second-order valence-electron chi connectivity index (χ2n) is 4.53. The monoisotopic (exact) mass is 359 g/mol. The first-order valence-electron chi connectivity index (χ1n) is 6.06. The van der Waals surface area contributed by atoms with E-state index in [-0.39, 0.29) is 6.04 Å². The van der Waals surface area contributed by atoms with Crippen molar-refractivity contribution in [1.29, 1.82) is 0 Å². The minimum absolute atomic E-state index is 0.0776. The zero-order chi connectivity index (χ0) is 14.7. The Balaban J connectivity index is 2.28. The molecule has 0 radical (unpaired) electrons. The Morgan fingerprint density at radius 3 is 2.30 bits per heavy atom. The fourth-order valence-corrected chi connectivity index (χ4v) is 3.01. The molecule has 0 bridgehead atoms. The highest BCUT2D eigenvalue weighted by atomic mass is 79.9. The number of hydrogen-bond acceptors (Lipinski definition) is 1. The number of benzene rings is 2. The zero-order valence-corrected chi connectivity index (χ0v) is 13.1. The smallest absolute Gasteiger partial charge is 0.126 e. The second-order valence-corrected chi connectivity index (χ2v) is 5.88. The van der Waals surface area contributed by atoms with E-state index in [0.717, 1.165) is 16.1 Å². The fourth-order valence-electron chi connectivity index (χ4n) is 2.13. The summed E-state index contributed by atoms with van der Waals surface area (Å²) in [4.78, 5) is 0. The molecule has 1 unspecified atom stereocenters. The SMILES string of the molecule is CNC(Cc1cc(F)cc(F)c1)c1cc(Cl)cc(Br)c1. The van der Waals surface area contributed by atoms with Crippen molar-refractivity contribution >= 4 is 27.5 Å². The lowest BCUT2D eigenvalue weighted by molar-refractivity contribution is 0.562. The van der Waals surface area contributed by atoms with Crippen molar-refractivity contribution in [3.8, 4) is 0 Å². The van der Waals surface area contributed by atoms with Gasteiger partial charge in [-0.05, 0) is 54.9 Å². The Morgan fingerprint density at radius 1 is 1.10 bits per heavy atom. The lowest BCUT2D eigenvalue weighted by Crippen LogP contribution is -2.19. The summed E-state index contributed by atoms with van der Waals surface area (Å²) in [5.74, 6) is -1.13. The van der Waals surface area contributed by atoms with Crippen LogP contribution in [0.15, 0.2) is 40.9 Å². The van der Waals surface area contributed by atoms with Crippen LogP contribution in [-0.4, -0.2) is 7.05 Å². The lowest BCUT2D eigenvalue weighted by Gasteiger charge is -2.17. The number of rotatable bonds is 4. The highest BCUT2D eigenvalue weighted by Crippen LogP contribution is 2.26. The second kappa shape index (κ2) is 6.66. The average Bonchev–Trinajstić information content (AvgIpc) is 2.33. The molecule has 1 nitrogen and oxygen atoms in total. The largest absolute Gasteiger partial charge is 0.313 e. The van der Waals surface area contributed by atoms with Crippen molar-refractivity contribution in [2.75, 3.05) is 7.05 Å². The number of hydrogen-bond donors (Lipinski definition) is 1. The van der Waals surface area contributed by atoms with E-state index in [4.69, 9.17) is 11.6 Å². The molecule has 2 aromatic carbocycles. The van der Waals surface area contributed by atoms with Gasteiger partial charge in [-0.1, -0.05) is 27.5 Å². The Morgan fingerprint density at radius 2 is 1.75 bits per heavy atom. The molecule has 0 aliphatic rings. The minimum Gasteiger partial charge on any atom is -0.313 e. The molecule has 0 heterocycles. The average molecular weight is 361 g/mol. The van der Waals surface area contributed by atoms with Crippen molar-refractivity contribution in [3.05, 3.63) is 68.7 Å². The van der Waals surface area contributed by atoms with Gasteiger partial charge >= 0.3 is 0 Å². The molecular weight excluding hydrogens is 348 g/mol. The maximum absolute atomic E-state index is 13.2. The molecule has 0 aliphatic carbocycles. The first kappa shape index (κ1) is 15.4. The van der Waals surface area contributed by atoms with E-state index >= 15 is 0 Å². The van der Waals surface area contributed by atoms with E-state index in [2.05, 4.69) is 21.2 Å². The maximum Gasteiger partial charge on any atom is 0.126 e. The van der Waals surface area contributed by atoms with Gasteiger partial charge in [0.2, 0.25) is 0 Å². The molecule has 2 rings (SSSR count). The van der Waals surface area contributed by atoms with Gasteiger partial charge in [-0.3, -0.25) is 0 Å². The third-order valence-electron chi connectivity index (χ3n) is 3.00. The molecule has 0 aliphatic heterocycles. The topological polar surface area (TPSA) is 12.0 Å². The van der Waals surface area contributed by atoms with Crippen LogP contribution in [0.25, 0.3) is 0 Å². The van der Waals surface area contributed by atoms with Crippen LogP contribution in [0.2, 0.25) is 5.02 Å². The summed E-state index contributed by atoms with van der Waals surface area (Å²) >= 11 is 9.41. The first-order chi connectivity index (χ1) is 9.47. The maximum atomic E-state index is 13.2. The molecule has 106 valence electrons. The summed E-state index contributed by atoms with van der Waals surface area (Å²) < 4.78 is 27.3. The lowest BCUT2D eigenvalue weighted by atomic mass is 9.99. The van der Waals surface area contributed by atoms with Gasteiger partial charge in [0, 0.05) is 21.6 Å². The molecule has 0 fully saturated rings. The van der Waals surface area contributed by atoms with Gasteiger partial charge in [0.15, 0.2) is 0 Å². The van der Waals surface area contributed by atoms with Crippen molar-refractivity contribution in [2.24, 2.45) is 0 Å². The number of nitrogens with one attached hydrogen (secondary N) is 1. The summed E-state index contributed by atoms with van der Waals surface area (Å²) in [5.41, 5.74) is 1.55. The van der Waals surface area contributed by atoms with Crippen molar-refractivity contribution < 1.29 is 8.78 Å². The van der Waals surface area contributed by atoms with Crippen LogP contribution in [0.5, 0.6) is 0 Å². The molecular formula is C15H13BrClF2N. The van der Waals surface area contributed by atoms with E-state index in [1.807, 2.05) is 12.1 Å². The summed E-state index contributed by atoms with van der Waals surface area (Å²) in [6.07, 6.45) is 0.470. The van der Waals surface area contributed by atoms with Gasteiger partial charge in [0.05, 0.1) is 0 Å². The number of likely N-dealkylation sites (N-methyl/N-ethyl adjacent to an activating group) is 1. The summed E-state index contributed by atoms with van der Waals surface area (Å²) in [5, 5.41) is 3.75. The standard InChI is InChI=1S/C15H13BrClF2N/c1-20-15(10-5-11(16)7-12(17)6-10)4-9-2-13(18)8-14(19)3-9/h2-3,5-8,15,20H,4H2,1H3. The summed E-state index contributed by atoms with van der Waals surface area (Å²) in [6, 6.07) is 9.03. The third-order valence-corrected chi connectivity index (χ3v) is 3.67. The fraction of sp³-hybridized carbons (Fsp3) is 0.200. The Hall–Kier alpha value is -0.970. The van der Waals surface area contributed by atoms with E-state index in [0.29, 0.717) is 17.0 Å². The first-order valence-corrected chi connectivity index (χ1v) is 7.23. The van der Waals surface area contributed by atoms with Gasteiger partial charge < -0.3 is 5.32 Å². The molecule has 0 aromatic heterocycles. The summed E-state index contributed by atoms with van der Waals surface area (Å²) in [6.45, 7) is 0. The van der Waals surface area contributed by atoms with Crippen LogP contribution in [0.3, 0.4) is 0 Å². The molecule has 1 N–H and O–H groups in total. The van der Waals surface area contributed by atoms with Gasteiger partial charge in [-0.15, -0.1) is 0 Å². The Labute approximate surface area is 130 Å². The highest BCUT2D eigenvalue weighted by Gasteiger charge is 2.13. The van der Waals surface area contributed by atoms with Gasteiger partial charge in [0.25, 0.3) is 0 Å². The van der Waals surface area contributed by atoms with E-state index in [9.17, 15) is 8.78 Å². The predicted molar refractivity (Wildman–Crippen MR) is 81.0 cm³/mol. The highest BCUT2D eigenvalue weighted by molar-refractivity contribution is 9.10. The number of halogens is 4. The van der Waals surface area contributed by atoms with Gasteiger partial charge in [-0.2, -0.15) is 0 Å². The molecule has 0 amide bonds. The van der Waals surface area contributed by atoms with Crippen LogP contribution in [0.1, 0.15) is 17.2 Å². The molecule has 1 atom stereocenters. The molecule has 0 saturated carbocycles. The van der Waals surface area contributed by atoms with Crippen LogP contribution in [-0.2, 0) is 6.42 Å². The summed E-state index contributed by atoms with van der Waals surface area (Å²) in [7, 11) is 1.80. The molecule has 20 heavy (non-hydrogen) atoms. The van der Waals surface area contributed by atoms with Crippen molar-refractivity contribution in [2.45, 2.75) is 12.5 Å². The predicted octanol–water partition coefficient (Wildman–Crippen LogP) is 4.88. The van der Waals surface area contributed by atoms with E-state index in [1.54, 1.807) is 13.1 Å². The zero-order valence-electron chi connectivity index (χ0n) is 10.8. The van der Waals surface area contributed by atoms with Crippen LogP contribution in [0, 0.1) is 11.6 Å². The minimum atomic E-state index is -0.567. The van der Waals surface area contributed by atoms with Crippen molar-refractivity contribution in [3.63, 3.8) is 0 Å². The Bertz CT molecular complexity index is 578. The van der Waals surface area contributed by atoms with Crippen LogP contribution < -0.4 is 5.32 Å². The third kappa shape index (κ3) is 4.01. The quantitative estimate of drug-likeness (QED) is 0.819. The van der Waals surface area contributed by atoms with Crippen molar-refractivity contribution in [1.82, 2.24) is 5.32 Å². The van der Waals surface area contributed by atoms with E-state index in [1.165, 1.54) is 12.1 Å². The Kier molecular flexibility index (Phi) is 5.13. The molecule has 5 heteroatoms.